The number of carbonyl (C=O) groups is 1. The van der Waals surface area contributed by atoms with Crippen LogP contribution in [0.1, 0.15) is 11.1 Å². The predicted molar refractivity (Wildman–Crippen MR) is 56.5 cm³/mol. The number of benzene rings is 1. The van der Waals surface area contributed by atoms with Gasteiger partial charge in [0.15, 0.2) is 0 Å². The lowest BCUT2D eigenvalue weighted by atomic mass is 10.1. The fraction of sp³-hybridized carbons (Fsp3) is 0.364. The third-order valence-corrected chi connectivity index (χ3v) is 2.00. The maximum absolute atomic E-state index is 11.0. The summed E-state index contributed by atoms with van der Waals surface area (Å²) in [5.74, 6) is 0. The third-order valence-electron chi connectivity index (χ3n) is 2.00. The number of carbonyl (C=O) groups excluding carboxylic acids is 1. The molecule has 1 aromatic rings. The maximum atomic E-state index is 11.0. The molecule has 0 saturated heterocycles. The van der Waals surface area contributed by atoms with Crippen LogP contribution in [-0.4, -0.2) is 24.4 Å². The summed E-state index contributed by atoms with van der Waals surface area (Å²) in [4.78, 5) is 11.0. The van der Waals surface area contributed by atoms with Gasteiger partial charge in [-0.3, -0.25) is 0 Å². The number of hydrogen-bond donors (Lipinski definition) is 2. The molecule has 0 radical (unpaired) electrons. The van der Waals surface area contributed by atoms with Gasteiger partial charge in [-0.25, -0.2) is 4.79 Å². The maximum Gasteiger partial charge on any atom is 0.407 e. The van der Waals surface area contributed by atoms with Crippen molar-refractivity contribution in [3.05, 3.63) is 35.4 Å². The number of hydrogen-bond acceptors (Lipinski definition) is 3. The van der Waals surface area contributed by atoms with E-state index >= 15 is 0 Å². The molecule has 4 nitrogen and oxygen atoms in total. The number of alkyl carbamates (subject to hydrolysis) is 1. The summed E-state index contributed by atoms with van der Waals surface area (Å²) in [5.41, 5.74) is 2.07. The lowest BCUT2D eigenvalue weighted by molar-refractivity contribution is 0.137. The fourth-order valence-corrected chi connectivity index (χ4v) is 1.12. The van der Waals surface area contributed by atoms with Crippen molar-refractivity contribution in [1.29, 1.82) is 0 Å². The summed E-state index contributed by atoms with van der Waals surface area (Å²) in [5, 5.41) is 10.9. The minimum Gasteiger partial charge on any atom is -0.445 e. The van der Waals surface area contributed by atoms with Crippen LogP contribution in [0.3, 0.4) is 0 Å². The number of aryl methyl sites for hydroxylation is 1. The average Bonchev–Trinajstić information content (AvgIpc) is 2.25. The van der Waals surface area contributed by atoms with Gasteiger partial charge >= 0.3 is 6.09 Å². The Bertz CT molecular complexity index is 325. The first-order valence-electron chi connectivity index (χ1n) is 4.80. The summed E-state index contributed by atoms with van der Waals surface area (Å²) in [7, 11) is 0. The van der Waals surface area contributed by atoms with Gasteiger partial charge in [0, 0.05) is 6.54 Å². The van der Waals surface area contributed by atoms with Gasteiger partial charge in [0.25, 0.3) is 0 Å². The number of nitrogens with one attached hydrogen (secondary N) is 1. The molecule has 15 heavy (non-hydrogen) atoms. The van der Waals surface area contributed by atoms with E-state index in [9.17, 15) is 4.79 Å². The smallest absolute Gasteiger partial charge is 0.407 e. The molecule has 4 heteroatoms. The SMILES string of the molecule is Cc1ccccc1COC(=O)NCCO. The Balaban J connectivity index is 2.37. The van der Waals surface area contributed by atoms with Crippen molar-refractivity contribution >= 4 is 6.09 Å². The highest BCUT2D eigenvalue weighted by molar-refractivity contribution is 5.67. The van der Waals surface area contributed by atoms with E-state index in [-0.39, 0.29) is 19.8 Å². The first-order valence-corrected chi connectivity index (χ1v) is 4.80. The highest BCUT2D eigenvalue weighted by Gasteiger charge is 2.02. The molecule has 2 N–H and O–H groups in total. The number of aliphatic hydroxyl groups excluding tert-OH is 1. The zero-order valence-electron chi connectivity index (χ0n) is 8.69. The number of amides is 1. The zero-order valence-corrected chi connectivity index (χ0v) is 8.69. The minimum atomic E-state index is -0.507. The fourth-order valence-electron chi connectivity index (χ4n) is 1.12. The third kappa shape index (κ3) is 3.99. The van der Waals surface area contributed by atoms with E-state index in [2.05, 4.69) is 5.32 Å². The van der Waals surface area contributed by atoms with Crippen molar-refractivity contribution in [3.8, 4) is 0 Å². The highest BCUT2D eigenvalue weighted by atomic mass is 16.5. The molecule has 0 bridgehead atoms. The van der Waals surface area contributed by atoms with Crippen molar-refractivity contribution in [2.45, 2.75) is 13.5 Å². The van der Waals surface area contributed by atoms with Crippen LogP contribution in [0.15, 0.2) is 24.3 Å². The highest BCUT2D eigenvalue weighted by Crippen LogP contribution is 2.07. The monoisotopic (exact) mass is 209 g/mol. The van der Waals surface area contributed by atoms with Gasteiger partial charge in [-0.2, -0.15) is 0 Å². The van der Waals surface area contributed by atoms with Crippen molar-refractivity contribution in [2.24, 2.45) is 0 Å². The van der Waals surface area contributed by atoms with E-state index in [1.807, 2.05) is 31.2 Å². The lowest BCUT2D eigenvalue weighted by Gasteiger charge is -2.07. The van der Waals surface area contributed by atoms with Gasteiger partial charge in [-0.1, -0.05) is 24.3 Å². The Morgan fingerprint density at radius 3 is 2.87 bits per heavy atom. The van der Waals surface area contributed by atoms with E-state index in [4.69, 9.17) is 9.84 Å². The molecule has 0 aliphatic rings. The molecule has 0 heterocycles. The molecule has 0 spiro atoms. The summed E-state index contributed by atoms with van der Waals surface area (Å²) in [6.45, 7) is 2.35. The van der Waals surface area contributed by atoms with Crippen LogP contribution in [0.2, 0.25) is 0 Å². The predicted octanol–water partition coefficient (Wildman–Crippen LogP) is 1.21. The van der Waals surface area contributed by atoms with E-state index in [0.717, 1.165) is 11.1 Å². The molecule has 0 unspecified atom stereocenters. The largest absolute Gasteiger partial charge is 0.445 e. The molecule has 1 aromatic carbocycles. The molecule has 1 rings (SSSR count). The Kier molecular flexibility index (Phi) is 4.63. The van der Waals surface area contributed by atoms with Gasteiger partial charge < -0.3 is 15.2 Å². The van der Waals surface area contributed by atoms with Crippen LogP contribution in [0.4, 0.5) is 4.79 Å². The molecular formula is C11H15NO3. The van der Waals surface area contributed by atoms with Crippen molar-refractivity contribution in [3.63, 3.8) is 0 Å². The molecule has 82 valence electrons. The molecule has 0 aliphatic carbocycles. The molecule has 0 atom stereocenters. The van der Waals surface area contributed by atoms with E-state index < -0.39 is 6.09 Å². The van der Waals surface area contributed by atoms with Crippen LogP contribution in [0.25, 0.3) is 0 Å². The van der Waals surface area contributed by atoms with Crippen LogP contribution in [0, 0.1) is 6.92 Å². The Morgan fingerprint density at radius 1 is 1.47 bits per heavy atom. The Labute approximate surface area is 88.9 Å². The van der Waals surface area contributed by atoms with Gasteiger partial charge in [0.1, 0.15) is 6.61 Å². The molecular weight excluding hydrogens is 194 g/mol. The minimum absolute atomic E-state index is 0.0839. The quantitative estimate of drug-likeness (QED) is 0.783. The van der Waals surface area contributed by atoms with Crippen molar-refractivity contribution in [2.75, 3.05) is 13.2 Å². The normalized spacial score (nSPS) is 9.73. The van der Waals surface area contributed by atoms with Crippen molar-refractivity contribution in [1.82, 2.24) is 5.32 Å². The second-order valence-electron chi connectivity index (χ2n) is 3.15. The molecule has 0 aliphatic heterocycles. The number of aliphatic hydroxyl groups is 1. The first-order chi connectivity index (χ1) is 7.24. The van der Waals surface area contributed by atoms with Crippen molar-refractivity contribution < 1.29 is 14.6 Å². The second kappa shape index (κ2) is 6.03. The van der Waals surface area contributed by atoms with Gasteiger partial charge in [0.2, 0.25) is 0 Å². The molecule has 0 fully saturated rings. The average molecular weight is 209 g/mol. The molecule has 0 aromatic heterocycles. The number of rotatable bonds is 4. The summed E-state index contributed by atoms with van der Waals surface area (Å²) < 4.78 is 4.95. The van der Waals surface area contributed by atoms with Crippen LogP contribution in [-0.2, 0) is 11.3 Å². The van der Waals surface area contributed by atoms with Gasteiger partial charge in [-0.15, -0.1) is 0 Å². The van der Waals surface area contributed by atoms with E-state index in [0.29, 0.717) is 0 Å². The summed E-state index contributed by atoms with van der Waals surface area (Å²) in [6.07, 6.45) is -0.507. The number of ether oxygens (including phenoxy) is 1. The summed E-state index contributed by atoms with van der Waals surface area (Å²) in [6, 6.07) is 7.71. The van der Waals surface area contributed by atoms with Crippen LogP contribution >= 0.6 is 0 Å². The zero-order chi connectivity index (χ0) is 11.1. The van der Waals surface area contributed by atoms with E-state index in [1.165, 1.54) is 0 Å². The Hall–Kier alpha value is -1.55. The standard InChI is InChI=1S/C11H15NO3/c1-9-4-2-3-5-10(9)8-15-11(14)12-6-7-13/h2-5,13H,6-8H2,1H3,(H,12,14). The topological polar surface area (TPSA) is 58.6 Å². The lowest BCUT2D eigenvalue weighted by Crippen LogP contribution is -2.27. The van der Waals surface area contributed by atoms with Crippen LogP contribution < -0.4 is 5.32 Å². The van der Waals surface area contributed by atoms with Crippen LogP contribution in [0.5, 0.6) is 0 Å². The summed E-state index contributed by atoms with van der Waals surface area (Å²) >= 11 is 0. The van der Waals surface area contributed by atoms with E-state index in [1.54, 1.807) is 0 Å². The molecule has 1 amide bonds. The Morgan fingerprint density at radius 2 is 2.20 bits per heavy atom. The molecule has 0 saturated carbocycles. The second-order valence-corrected chi connectivity index (χ2v) is 3.15. The first kappa shape index (κ1) is 11.5. The van der Waals surface area contributed by atoms with Gasteiger partial charge in [-0.05, 0) is 18.1 Å². The van der Waals surface area contributed by atoms with Gasteiger partial charge in [0.05, 0.1) is 6.61 Å².